The molecule has 0 aliphatic heterocycles. The summed E-state index contributed by atoms with van der Waals surface area (Å²) in [6, 6.07) is 8.30. The first-order valence-corrected chi connectivity index (χ1v) is 7.15. The number of carboxylic acid groups (broad SMARTS) is 1. The molecule has 0 saturated carbocycles. The molecule has 5 heteroatoms. The van der Waals surface area contributed by atoms with Crippen molar-refractivity contribution in [1.82, 2.24) is 5.32 Å². The number of carboxylic acids is 1. The van der Waals surface area contributed by atoms with Crippen LogP contribution in [0.25, 0.3) is 0 Å². The van der Waals surface area contributed by atoms with Crippen LogP contribution in [0.1, 0.15) is 32.8 Å². The van der Waals surface area contributed by atoms with E-state index in [0.29, 0.717) is 0 Å². The summed E-state index contributed by atoms with van der Waals surface area (Å²) in [4.78, 5) is 23.1. The van der Waals surface area contributed by atoms with Crippen LogP contribution in [-0.2, 0) is 16.1 Å². The van der Waals surface area contributed by atoms with E-state index in [-0.39, 0.29) is 18.4 Å². The van der Waals surface area contributed by atoms with Gasteiger partial charge < -0.3 is 15.2 Å². The van der Waals surface area contributed by atoms with E-state index in [1.54, 1.807) is 0 Å². The number of hydrogen-bond acceptors (Lipinski definition) is 3. The highest BCUT2D eigenvalue weighted by atomic mass is 16.5. The molecule has 3 unspecified atom stereocenters. The second-order valence-corrected chi connectivity index (χ2v) is 5.27. The SMILES string of the molecule is CCC(C)C(C)C(NC(=O)OCc1ccccc1)C(=O)O. The lowest BCUT2D eigenvalue weighted by atomic mass is 9.87. The van der Waals surface area contributed by atoms with E-state index in [4.69, 9.17) is 4.74 Å². The Kier molecular flexibility index (Phi) is 6.72. The normalized spacial score (nSPS) is 14.8. The van der Waals surface area contributed by atoms with Gasteiger partial charge in [-0.3, -0.25) is 0 Å². The zero-order valence-electron chi connectivity index (χ0n) is 12.7. The largest absolute Gasteiger partial charge is 0.480 e. The Balaban J connectivity index is 2.55. The Morgan fingerprint density at radius 3 is 2.38 bits per heavy atom. The van der Waals surface area contributed by atoms with E-state index >= 15 is 0 Å². The van der Waals surface area contributed by atoms with E-state index in [9.17, 15) is 14.7 Å². The van der Waals surface area contributed by atoms with Crippen molar-refractivity contribution in [3.05, 3.63) is 35.9 Å². The Morgan fingerprint density at radius 2 is 1.86 bits per heavy atom. The summed E-state index contributed by atoms with van der Waals surface area (Å²) in [6.07, 6.45) is 0.146. The van der Waals surface area contributed by atoms with Crippen molar-refractivity contribution >= 4 is 12.1 Å². The Hall–Kier alpha value is -2.04. The summed E-state index contributed by atoms with van der Waals surface area (Å²) in [7, 11) is 0. The highest BCUT2D eigenvalue weighted by Crippen LogP contribution is 2.19. The molecule has 2 N–H and O–H groups in total. The molecule has 5 nitrogen and oxygen atoms in total. The highest BCUT2D eigenvalue weighted by molar-refractivity contribution is 5.80. The molecule has 0 aliphatic carbocycles. The molecule has 0 fully saturated rings. The number of rotatable bonds is 7. The van der Waals surface area contributed by atoms with E-state index in [1.165, 1.54) is 0 Å². The topological polar surface area (TPSA) is 75.6 Å². The maximum absolute atomic E-state index is 11.7. The van der Waals surface area contributed by atoms with Crippen LogP contribution in [0.4, 0.5) is 4.79 Å². The third kappa shape index (κ3) is 5.45. The molecule has 1 aromatic rings. The minimum atomic E-state index is -1.04. The van der Waals surface area contributed by atoms with Crippen molar-refractivity contribution in [1.29, 1.82) is 0 Å². The van der Waals surface area contributed by atoms with Crippen LogP contribution in [0.5, 0.6) is 0 Å². The van der Waals surface area contributed by atoms with Gasteiger partial charge >= 0.3 is 12.1 Å². The molecule has 0 aromatic heterocycles. The fourth-order valence-corrected chi connectivity index (χ4v) is 2.01. The van der Waals surface area contributed by atoms with Crippen molar-refractivity contribution in [3.8, 4) is 0 Å². The van der Waals surface area contributed by atoms with Crippen molar-refractivity contribution in [2.24, 2.45) is 11.8 Å². The molecule has 21 heavy (non-hydrogen) atoms. The Morgan fingerprint density at radius 1 is 1.24 bits per heavy atom. The Labute approximate surface area is 125 Å². The van der Waals surface area contributed by atoms with Gasteiger partial charge in [0.15, 0.2) is 0 Å². The average molecular weight is 293 g/mol. The van der Waals surface area contributed by atoms with Gasteiger partial charge in [0.1, 0.15) is 12.6 Å². The van der Waals surface area contributed by atoms with Gasteiger partial charge in [-0.1, -0.05) is 57.5 Å². The maximum atomic E-state index is 11.7. The number of benzene rings is 1. The van der Waals surface area contributed by atoms with Crippen molar-refractivity contribution in [2.45, 2.75) is 39.8 Å². The molecule has 1 aromatic carbocycles. The van der Waals surface area contributed by atoms with Crippen LogP contribution >= 0.6 is 0 Å². The van der Waals surface area contributed by atoms with Crippen LogP contribution < -0.4 is 5.32 Å². The Bertz CT molecular complexity index is 461. The second kappa shape index (κ2) is 8.29. The van der Waals surface area contributed by atoms with E-state index < -0.39 is 18.1 Å². The van der Waals surface area contributed by atoms with Crippen LogP contribution in [0, 0.1) is 11.8 Å². The lowest BCUT2D eigenvalue weighted by molar-refractivity contribution is -0.141. The average Bonchev–Trinajstić information content (AvgIpc) is 2.49. The van der Waals surface area contributed by atoms with Gasteiger partial charge in [0.25, 0.3) is 0 Å². The van der Waals surface area contributed by atoms with E-state index in [1.807, 2.05) is 51.1 Å². The van der Waals surface area contributed by atoms with Crippen LogP contribution in [-0.4, -0.2) is 23.2 Å². The van der Waals surface area contributed by atoms with Crippen LogP contribution in [0.2, 0.25) is 0 Å². The van der Waals surface area contributed by atoms with Crippen molar-refractivity contribution in [3.63, 3.8) is 0 Å². The maximum Gasteiger partial charge on any atom is 0.408 e. The number of amides is 1. The third-order valence-corrected chi connectivity index (χ3v) is 3.82. The fraction of sp³-hybridized carbons (Fsp3) is 0.500. The fourth-order valence-electron chi connectivity index (χ4n) is 2.01. The minimum absolute atomic E-state index is 0.122. The molecule has 116 valence electrons. The zero-order chi connectivity index (χ0) is 15.8. The predicted molar refractivity (Wildman–Crippen MR) is 79.8 cm³/mol. The first-order chi connectivity index (χ1) is 9.95. The molecule has 0 spiro atoms. The van der Waals surface area contributed by atoms with Gasteiger partial charge in [-0.15, -0.1) is 0 Å². The standard InChI is InChI=1S/C16H23NO4/c1-4-11(2)12(3)14(15(18)19)17-16(20)21-10-13-8-6-5-7-9-13/h5-9,11-12,14H,4,10H2,1-3H3,(H,17,20)(H,18,19). The minimum Gasteiger partial charge on any atom is -0.480 e. The van der Waals surface area contributed by atoms with Gasteiger partial charge in [0.05, 0.1) is 0 Å². The van der Waals surface area contributed by atoms with Crippen LogP contribution in [0.15, 0.2) is 30.3 Å². The molecule has 0 radical (unpaired) electrons. The number of hydrogen-bond donors (Lipinski definition) is 2. The van der Waals surface area contributed by atoms with E-state index in [2.05, 4.69) is 5.32 Å². The van der Waals surface area contributed by atoms with Crippen molar-refractivity contribution < 1.29 is 19.4 Å². The summed E-state index contributed by atoms with van der Waals surface area (Å²) < 4.78 is 5.06. The zero-order valence-corrected chi connectivity index (χ0v) is 12.7. The van der Waals surface area contributed by atoms with Gasteiger partial charge in [-0.25, -0.2) is 9.59 Å². The van der Waals surface area contributed by atoms with Crippen LogP contribution in [0.3, 0.4) is 0 Å². The summed E-state index contributed by atoms with van der Waals surface area (Å²) in [5.41, 5.74) is 0.856. The number of carbonyl (C=O) groups is 2. The number of aliphatic carboxylic acids is 1. The lowest BCUT2D eigenvalue weighted by Crippen LogP contribution is -2.47. The molecule has 0 heterocycles. The molecular weight excluding hydrogens is 270 g/mol. The number of ether oxygens (including phenoxy) is 1. The van der Waals surface area contributed by atoms with E-state index in [0.717, 1.165) is 12.0 Å². The molecule has 0 saturated heterocycles. The van der Waals surface area contributed by atoms with Crippen molar-refractivity contribution in [2.75, 3.05) is 0 Å². The number of alkyl carbamates (subject to hydrolysis) is 1. The summed E-state index contributed by atoms with van der Waals surface area (Å²) in [6.45, 7) is 5.91. The number of nitrogens with one attached hydrogen (secondary N) is 1. The molecule has 0 aliphatic rings. The van der Waals surface area contributed by atoms with Gasteiger partial charge in [0.2, 0.25) is 0 Å². The molecule has 0 bridgehead atoms. The smallest absolute Gasteiger partial charge is 0.408 e. The molecular formula is C16H23NO4. The highest BCUT2D eigenvalue weighted by Gasteiger charge is 2.29. The second-order valence-electron chi connectivity index (χ2n) is 5.27. The molecule has 1 rings (SSSR count). The summed E-state index contributed by atoms with van der Waals surface area (Å²) >= 11 is 0. The predicted octanol–water partition coefficient (Wildman–Crippen LogP) is 3.05. The first-order valence-electron chi connectivity index (χ1n) is 7.15. The van der Waals surface area contributed by atoms with Gasteiger partial charge in [-0.05, 0) is 17.4 Å². The molecule has 3 atom stereocenters. The summed E-state index contributed by atoms with van der Waals surface area (Å²) in [5.74, 6) is -1.02. The van der Waals surface area contributed by atoms with Gasteiger partial charge in [-0.2, -0.15) is 0 Å². The monoisotopic (exact) mass is 293 g/mol. The number of carbonyl (C=O) groups excluding carboxylic acids is 1. The van der Waals surface area contributed by atoms with Gasteiger partial charge in [0, 0.05) is 0 Å². The lowest BCUT2D eigenvalue weighted by Gasteiger charge is -2.25. The quantitative estimate of drug-likeness (QED) is 0.810. The summed E-state index contributed by atoms with van der Waals surface area (Å²) in [5, 5.41) is 11.7. The third-order valence-electron chi connectivity index (χ3n) is 3.82. The first kappa shape index (κ1) is 17.0. The molecule has 1 amide bonds.